The summed E-state index contributed by atoms with van der Waals surface area (Å²) in [6, 6.07) is 4.85. The Balaban J connectivity index is 3.03. The van der Waals surface area contributed by atoms with Crippen molar-refractivity contribution in [1.82, 2.24) is 0 Å². The number of hydrogen-bond acceptors (Lipinski definition) is 2. The van der Waals surface area contributed by atoms with Gasteiger partial charge in [0.15, 0.2) is 0 Å². The lowest BCUT2D eigenvalue weighted by Crippen LogP contribution is -2.13. The van der Waals surface area contributed by atoms with E-state index in [1.165, 1.54) is 0 Å². The lowest BCUT2D eigenvalue weighted by atomic mass is 10.3. The maximum absolute atomic E-state index is 11.1. The zero-order valence-electron chi connectivity index (χ0n) is 6.80. The second-order valence-electron chi connectivity index (χ2n) is 2.45. The van der Waals surface area contributed by atoms with E-state index in [1.807, 2.05) is 0 Å². The quantitative estimate of drug-likeness (QED) is 0.871. The Morgan fingerprint density at radius 3 is 2.64 bits per heavy atom. The molecule has 0 amide bonds. The van der Waals surface area contributed by atoms with Crippen LogP contribution in [0.1, 0.15) is 0 Å². The number of anilines is 1. The van der Waals surface area contributed by atoms with Gasteiger partial charge < -0.3 is 0 Å². The molecule has 14 heavy (non-hydrogen) atoms. The Morgan fingerprint density at radius 1 is 1.43 bits per heavy atom. The summed E-state index contributed by atoms with van der Waals surface area (Å²) >= 11 is 14.2. The largest absolute Gasteiger partial charge is 0.281 e. The van der Waals surface area contributed by atoms with Crippen LogP contribution in [-0.2, 0) is 10.0 Å². The van der Waals surface area contributed by atoms with Crippen molar-refractivity contribution in [1.29, 1.82) is 0 Å². The molecule has 0 saturated carbocycles. The number of hydrogen-bond donors (Lipinski definition) is 1. The molecule has 0 radical (unpaired) electrons. The summed E-state index contributed by atoms with van der Waals surface area (Å²) in [7, 11) is -3.50. The first-order chi connectivity index (χ1) is 6.44. The molecule has 7 heteroatoms. The number of benzene rings is 1. The van der Waals surface area contributed by atoms with Crippen LogP contribution in [0.3, 0.4) is 0 Å². The zero-order chi connectivity index (χ0) is 10.8. The van der Waals surface area contributed by atoms with E-state index in [0.29, 0.717) is 10.7 Å². The maximum Gasteiger partial charge on any atom is 0.246 e. The highest BCUT2D eigenvalue weighted by Crippen LogP contribution is 2.26. The van der Waals surface area contributed by atoms with Crippen LogP contribution < -0.4 is 4.72 Å². The van der Waals surface area contributed by atoms with Gasteiger partial charge in [-0.25, -0.2) is 8.42 Å². The molecule has 1 aromatic rings. The summed E-state index contributed by atoms with van der Waals surface area (Å²) in [5.74, 6) is 0. The van der Waals surface area contributed by atoms with Crippen LogP contribution in [0, 0.1) is 0 Å². The lowest BCUT2D eigenvalue weighted by Gasteiger charge is -2.07. The molecule has 0 aliphatic rings. The third-order valence-electron chi connectivity index (χ3n) is 1.34. The van der Waals surface area contributed by atoms with Crippen molar-refractivity contribution < 1.29 is 8.42 Å². The maximum atomic E-state index is 11.1. The molecule has 0 fully saturated rings. The number of sulfonamides is 1. The lowest BCUT2D eigenvalue weighted by molar-refractivity contribution is 0.605. The van der Waals surface area contributed by atoms with Gasteiger partial charge in [0.05, 0.1) is 10.7 Å². The SMILES string of the molecule is O=S(=O)(CCl)Nc1cc(Br)ccc1Cl. The van der Waals surface area contributed by atoms with Gasteiger partial charge in [-0.15, -0.1) is 11.6 Å². The minimum Gasteiger partial charge on any atom is -0.281 e. The molecule has 0 bridgehead atoms. The van der Waals surface area contributed by atoms with E-state index in [2.05, 4.69) is 20.7 Å². The molecule has 0 atom stereocenters. The van der Waals surface area contributed by atoms with Gasteiger partial charge in [0.1, 0.15) is 5.21 Å². The first-order valence-corrected chi connectivity index (χ1v) is 6.82. The summed E-state index contributed by atoms with van der Waals surface area (Å²) < 4.78 is 25.2. The van der Waals surface area contributed by atoms with Crippen LogP contribution in [0.2, 0.25) is 5.02 Å². The molecule has 0 unspecified atom stereocenters. The van der Waals surface area contributed by atoms with Gasteiger partial charge in [0.2, 0.25) is 10.0 Å². The van der Waals surface area contributed by atoms with E-state index in [-0.39, 0.29) is 0 Å². The van der Waals surface area contributed by atoms with Gasteiger partial charge in [-0.2, -0.15) is 0 Å². The first kappa shape index (κ1) is 12.1. The standard InChI is InChI=1S/C7H6BrCl2NO2S/c8-5-1-2-6(10)7(3-5)11-14(12,13)4-9/h1-3,11H,4H2. The number of alkyl halides is 1. The number of rotatable bonds is 3. The molecule has 0 aromatic heterocycles. The molecule has 1 rings (SSSR count). The molecule has 3 nitrogen and oxygen atoms in total. The average Bonchev–Trinajstić information content (AvgIpc) is 2.11. The molecule has 0 aliphatic carbocycles. The molecular weight excluding hydrogens is 313 g/mol. The molecule has 0 saturated heterocycles. The third-order valence-corrected chi connectivity index (χ3v) is 3.84. The molecule has 78 valence electrons. The second-order valence-corrected chi connectivity index (χ2v) is 6.08. The minimum atomic E-state index is -3.50. The fourth-order valence-corrected chi connectivity index (χ4v) is 2.07. The molecule has 0 heterocycles. The number of halogens is 3. The van der Waals surface area contributed by atoms with E-state index in [4.69, 9.17) is 23.2 Å². The first-order valence-electron chi connectivity index (χ1n) is 3.46. The van der Waals surface area contributed by atoms with Crippen LogP contribution in [0.25, 0.3) is 0 Å². The number of nitrogens with one attached hydrogen (secondary N) is 1. The monoisotopic (exact) mass is 317 g/mol. The summed E-state index contributed by atoms with van der Waals surface area (Å²) in [6.45, 7) is 0. The van der Waals surface area contributed by atoms with E-state index in [9.17, 15) is 8.42 Å². The van der Waals surface area contributed by atoms with Crippen molar-refractivity contribution in [3.8, 4) is 0 Å². The van der Waals surface area contributed by atoms with E-state index < -0.39 is 15.2 Å². The summed E-state index contributed by atoms with van der Waals surface area (Å²) in [4.78, 5) is 0. The smallest absolute Gasteiger partial charge is 0.246 e. The van der Waals surface area contributed by atoms with Crippen molar-refractivity contribution >= 4 is 54.8 Å². The predicted octanol–water partition coefficient (Wildman–Crippen LogP) is 3.04. The Morgan fingerprint density at radius 2 is 2.07 bits per heavy atom. The fourth-order valence-electron chi connectivity index (χ4n) is 0.771. The van der Waals surface area contributed by atoms with Gasteiger partial charge in [-0.05, 0) is 18.2 Å². The summed E-state index contributed by atoms with van der Waals surface area (Å²) in [5.41, 5.74) is 0.307. The third kappa shape index (κ3) is 3.31. The minimum absolute atomic E-state index is 0.307. The van der Waals surface area contributed by atoms with Crippen LogP contribution in [-0.4, -0.2) is 13.6 Å². The fraction of sp³-hybridized carbons (Fsp3) is 0.143. The van der Waals surface area contributed by atoms with Gasteiger partial charge in [0.25, 0.3) is 0 Å². The highest BCUT2D eigenvalue weighted by molar-refractivity contribution is 9.10. The molecule has 0 aliphatic heterocycles. The molecule has 0 spiro atoms. The predicted molar refractivity (Wildman–Crippen MR) is 62.4 cm³/mol. The highest BCUT2D eigenvalue weighted by Gasteiger charge is 2.10. The second kappa shape index (κ2) is 4.70. The van der Waals surface area contributed by atoms with E-state index in [0.717, 1.165) is 4.47 Å². The van der Waals surface area contributed by atoms with Crippen molar-refractivity contribution in [2.45, 2.75) is 0 Å². The average molecular weight is 319 g/mol. The Hall–Kier alpha value is 0.0300. The Labute approximate surface area is 101 Å². The highest BCUT2D eigenvalue weighted by atomic mass is 79.9. The molecular formula is C7H6BrCl2NO2S. The van der Waals surface area contributed by atoms with Crippen LogP contribution >= 0.6 is 39.1 Å². The zero-order valence-corrected chi connectivity index (χ0v) is 10.7. The van der Waals surface area contributed by atoms with Crippen molar-refractivity contribution in [2.24, 2.45) is 0 Å². The van der Waals surface area contributed by atoms with E-state index in [1.54, 1.807) is 18.2 Å². The van der Waals surface area contributed by atoms with Gasteiger partial charge in [0, 0.05) is 4.47 Å². The Bertz CT molecular complexity index is 435. The van der Waals surface area contributed by atoms with Gasteiger partial charge >= 0.3 is 0 Å². The van der Waals surface area contributed by atoms with Crippen LogP contribution in [0.15, 0.2) is 22.7 Å². The van der Waals surface area contributed by atoms with Gasteiger partial charge in [-0.1, -0.05) is 27.5 Å². The van der Waals surface area contributed by atoms with Gasteiger partial charge in [-0.3, -0.25) is 4.72 Å². The van der Waals surface area contributed by atoms with Crippen molar-refractivity contribution in [3.05, 3.63) is 27.7 Å². The molecule has 1 aromatic carbocycles. The topological polar surface area (TPSA) is 46.2 Å². The Kier molecular flexibility index (Phi) is 4.06. The normalized spacial score (nSPS) is 11.4. The van der Waals surface area contributed by atoms with Crippen molar-refractivity contribution in [2.75, 3.05) is 9.93 Å². The molecule has 1 N–H and O–H groups in total. The summed E-state index contributed by atoms with van der Waals surface area (Å²) in [5, 5.41) is -0.183. The van der Waals surface area contributed by atoms with Crippen LogP contribution in [0.5, 0.6) is 0 Å². The summed E-state index contributed by atoms with van der Waals surface area (Å²) in [6.07, 6.45) is 0. The van der Waals surface area contributed by atoms with Crippen molar-refractivity contribution in [3.63, 3.8) is 0 Å². The van der Waals surface area contributed by atoms with E-state index >= 15 is 0 Å². The van der Waals surface area contributed by atoms with Crippen LogP contribution in [0.4, 0.5) is 5.69 Å².